The number of hydrogen-bond donors (Lipinski definition) is 3. The van der Waals surface area contributed by atoms with Gasteiger partial charge in [-0.15, -0.1) is 0 Å². The van der Waals surface area contributed by atoms with Crippen LogP contribution in [0, 0.1) is 7.14 Å². The van der Waals surface area contributed by atoms with E-state index < -0.39 is 12.0 Å². The Bertz CT molecular complexity index is 350. The molecule has 1 rings (SSSR count). The average molecular weight is 433 g/mol. The van der Waals surface area contributed by atoms with Gasteiger partial charge in [-0.3, -0.25) is 4.79 Å². The Kier molecular flexibility index (Phi) is 5.23. The minimum atomic E-state index is -1.06. The number of carboxylic acid groups (broad SMARTS) is 1. The Hall–Kier alpha value is 0.0700. The lowest BCUT2D eigenvalue weighted by molar-refractivity contribution is -0.142. The number of hydrogen-bond acceptors (Lipinski definition) is 3. The molecule has 0 aliphatic heterocycles. The molecule has 0 radical (unpaired) electrons. The molecule has 0 unspecified atom stereocenters. The summed E-state index contributed by atoms with van der Waals surface area (Å²) < 4.78 is 2.10. The summed E-state index contributed by atoms with van der Waals surface area (Å²) >= 11 is 4.34. The summed E-state index contributed by atoms with van der Waals surface area (Å²) in [6, 6.07) is 4.83. The van der Waals surface area contributed by atoms with Gasteiger partial charge in [0.15, 0.2) is 0 Å². The van der Waals surface area contributed by atoms with E-state index in [4.69, 9.17) is 10.3 Å². The lowest BCUT2D eigenvalue weighted by Crippen LogP contribution is -2.36. The fraction of sp³-hybridized carbons (Fsp3) is 0.222. The van der Waals surface area contributed by atoms with Crippen molar-refractivity contribution in [1.29, 1.82) is 0 Å². The van der Waals surface area contributed by atoms with E-state index in [1.54, 1.807) is 5.48 Å². The molecule has 4 nitrogen and oxygen atoms in total. The number of carboxylic acids is 1. The van der Waals surface area contributed by atoms with Gasteiger partial charge >= 0.3 is 5.97 Å². The third-order valence-electron chi connectivity index (χ3n) is 1.82. The summed E-state index contributed by atoms with van der Waals surface area (Å²) in [6.45, 7) is 0. The van der Waals surface area contributed by atoms with E-state index in [-0.39, 0.29) is 6.42 Å². The molecule has 0 heterocycles. The first-order chi connectivity index (χ1) is 7.02. The van der Waals surface area contributed by atoms with Crippen LogP contribution in [0.3, 0.4) is 0 Å². The molecule has 0 saturated carbocycles. The van der Waals surface area contributed by atoms with Crippen molar-refractivity contribution in [2.24, 2.45) is 0 Å². The highest BCUT2D eigenvalue weighted by Crippen LogP contribution is 2.15. The molecule has 0 fully saturated rings. The van der Waals surface area contributed by atoms with Gasteiger partial charge in [0.25, 0.3) is 0 Å². The largest absolute Gasteiger partial charge is 0.480 e. The standard InChI is InChI=1S/C9H9I2NO3/c10-6-1-5(2-7(11)4-6)3-8(12-15)9(13)14/h1-2,4,8,12,15H,3H2,(H,13,14)/t8-/m0/s1. The summed E-state index contributed by atoms with van der Waals surface area (Å²) in [5, 5.41) is 17.4. The van der Waals surface area contributed by atoms with Gasteiger partial charge in [0.1, 0.15) is 6.04 Å². The van der Waals surface area contributed by atoms with Crippen LogP contribution in [0.15, 0.2) is 18.2 Å². The SMILES string of the molecule is O=C(O)[C@H](Cc1cc(I)cc(I)c1)NO. The molecule has 0 aromatic heterocycles. The summed E-state index contributed by atoms with van der Waals surface area (Å²) in [5.41, 5.74) is 2.67. The van der Waals surface area contributed by atoms with E-state index in [2.05, 4.69) is 45.2 Å². The highest BCUT2D eigenvalue weighted by Gasteiger charge is 2.16. The second-order valence-electron chi connectivity index (χ2n) is 3.00. The van der Waals surface area contributed by atoms with Gasteiger partial charge in [0, 0.05) is 13.6 Å². The number of nitrogens with one attached hydrogen (secondary N) is 1. The second kappa shape index (κ2) is 5.97. The lowest BCUT2D eigenvalue weighted by Gasteiger charge is -2.10. The molecule has 6 heteroatoms. The van der Waals surface area contributed by atoms with Crippen molar-refractivity contribution < 1.29 is 15.1 Å². The number of carbonyl (C=O) groups is 1. The lowest BCUT2D eigenvalue weighted by atomic mass is 10.1. The Balaban J connectivity index is 2.83. The molecule has 0 amide bonds. The van der Waals surface area contributed by atoms with Crippen molar-refractivity contribution in [3.8, 4) is 0 Å². The fourth-order valence-electron chi connectivity index (χ4n) is 1.15. The van der Waals surface area contributed by atoms with Crippen molar-refractivity contribution in [2.45, 2.75) is 12.5 Å². The molecule has 0 spiro atoms. The number of benzene rings is 1. The molecule has 1 atom stereocenters. The Morgan fingerprint density at radius 3 is 2.27 bits per heavy atom. The fourth-order valence-corrected chi connectivity index (χ4v) is 3.22. The van der Waals surface area contributed by atoms with Gasteiger partial charge in [-0.05, 0) is 68.9 Å². The first-order valence-corrected chi connectivity index (χ1v) is 6.26. The van der Waals surface area contributed by atoms with Gasteiger partial charge in [-0.1, -0.05) is 0 Å². The van der Waals surface area contributed by atoms with Gasteiger partial charge < -0.3 is 10.3 Å². The zero-order valence-corrected chi connectivity index (χ0v) is 11.9. The van der Waals surface area contributed by atoms with Crippen molar-refractivity contribution >= 4 is 51.2 Å². The van der Waals surface area contributed by atoms with E-state index in [1.807, 2.05) is 18.2 Å². The maximum absolute atomic E-state index is 10.7. The van der Waals surface area contributed by atoms with Crippen LogP contribution in [0.4, 0.5) is 0 Å². The van der Waals surface area contributed by atoms with Crippen LogP contribution in [-0.4, -0.2) is 22.3 Å². The predicted molar refractivity (Wildman–Crippen MR) is 71.9 cm³/mol. The minimum Gasteiger partial charge on any atom is -0.480 e. The molecule has 0 bridgehead atoms. The maximum Gasteiger partial charge on any atom is 0.323 e. The average Bonchev–Trinajstić information content (AvgIpc) is 2.12. The molecule has 0 aliphatic rings. The van der Waals surface area contributed by atoms with Gasteiger partial charge in [-0.25, -0.2) is 0 Å². The van der Waals surface area contributed by atoms with Gasteiger partial charge in [0.2, 0.25) is 0 Å². The zero-order valence-electron chi connectivity index (χ0n) is 7.58. The number of rotatable bonds is 4. The first kappa shape index (κ1) is 13.1. The van der Waals surface area contributed by atoms with Crippen LogP contribution >= 0.6 is 45.2 Å². The zero-order chi connectivity index (χ0) is 11.4. The van der Waals surface area contributed by atoms with Gasteiger partial charge in [-0.2, -0.15) is 5.48 Å². The van der Waals surface area contributed by atoms with Crippen molar-refractivity contribution in [1.82, 2.24) is 5.48 Å². The molecule has 82 valence electrons. The second-order valence-corrected chi connectivity index (χ2v) is 5.49. The highest BCUT2D eigenvalue weighted by molar-refractivity contribution is 14.1. The van der Waals surface area contributed by atoms with Crippen molar-refractivity contribution in [2.75, 3.05) is 0 Å². The molecule has 1 aromatic rings. The normalized spacial score (nSPS) is 12.5. The molecule has 15 heavy (non-hydrogen) atoms. The predicted octanol–water partition coefficient (Wildman–Crippen LogP) is 1.87. The molecular weight excluding hydrogens is 424 g/mol. The van der Waals surface area contributed by atoms with E-state index >= 15 is 0 Å². The van der Waals surface area contributed by atoms with Gasteiger partial charge in [0.05, 0.1) is 0 Å². The Labute approximate surface area is 114 Å². The maximum atomic E-state index is 10.7. The van der Waals surface area contributed by atoms with E-state index in [0.29, 0.717) is 0 Å². The number of aliphatic carboxylic acids is 1. The first-order valence-electron chi connectivity index (χ1n) is 4.10. The van der Waals surface area contributed by atoms with E-state index in [0.717, 1.165) is 12.7 Å². The summed E-state index contributed by atoms with van der Waals surface area (Å²) in [5.74, 6) is -1.06. The molecular formula is C9H9I2NO3. The van der Waals surface area contributed by atoms with Crippen LogP contribution in [0.1, 0.15) is 5.56 Å². The summed E-state index contributed by atoms with van der Waals surface area (Å²) in [6.07, 6.45) is 0.263. The van der Waals surface area contributed by atoms with E-state index in [9.17, 15) is 4.79 Å². The smallest absolute Gasteiger partial charge is 0.323 e. The molecule has 1 aromatic carbocycles. The quantitative estimate of drug-likeness (QED) is 0.502. The van der Waals surface area contributed by atoms with Crippen LogP contribution < -0.4 is 5.48 Å². The van der Waals surface area contributed by atoms with Crippen LogP contribution in [0.2, 0.25) is 0 Å². The van der Waals surface area contributed by atoms with E-state index in [1.165, 1.54) is 0 Å². The minimum absolute atomic E-state index is 0.263. The van der Waals surface area contributed by atoms with Crippen molar-refractivity contribution in [3.63, 3.8) is 0 Å². The number of halogens is 2. The molecule has 0 aliphatic carbocycles. The van der Waals surface area contributed by atoms with Crippen LogP contribution in [0.25, 0.3) is 0 Å². The molecule has 0 saturated heterocycles. The topological polar surface area (TPSA) is 69.6 Å². The Morgan fingerprint density at radius 2 is 1.87 bits per heavy atom. The number of hydroxylamine groups is 1. The Morgan fingerprint density at radius 1 is 1.33 bits per heavy atom. The van der Waals surface area contributed by atoms with Crippen LogP contribution in [0.5, 0.6) is 0 Å². The van der Waals surface area contributed by atoms with Crippen molar-refractivity contribution in [3.05, 3.63) is 30.9 Å². The third-order valence-corrected chi connectivity index (χ3v) is 3.06. The molecule has 3 N–H and O–H groups in total. The summed E-state index contributed by atoms with van der Waals surface area (Å²) in [7, 11) is 0. The summed E-state index contributed by atoms with van der Waals surface area (Å²) in [4.78, 5) is 10.7. The monoisotopic (exact) mass is 433 g/mol. The highest BCUT2D eigenvalue weighted by atomic mass is 127. The third kappa shape index (κ3) is 4.21. The van der Waals surface area contributed by atoms with Crippen LogP contribution in [-0.2, 0) is 11.2 Å².